The lowest BCUT2D eigenvalue weighted by molar-refractivity contribution is 0.0698. The molecule has 20 heavy (non-hydrogen) atoms. The van der Waals surface area contributed by atoms with Gasteiger partial charge in [-0.3, -0.25) is 0 Å². The number of rotatable bonds is 6. The van der Waals surface area contributed by atoms with Gasteiger partial charge in [0.05, 0.1) is 5.56 Å². The van der Waals surface area contributed by atoms with Crippen LogP contribution in [0.5, 0.6) is 5.75 Å². The van der Waals surface area contributed by atoms with Gasteiger partial charge in [-0.15, -0.1) is 0 Å². The third-order valence-corrected chi connectivity index (χ3v) is 2.93. The molecule has 0 saturated carbocycles. The molecule has 0 atom stereocenters. The number of carbonyl (C=O) groups is 1. The molecule has 0 heterocycles. The number of aromatic carboxylic acids is 1. The fraction of sp³-hybridized carbons (Fsp3) is 0.188. The number of benzene rings is 2. The van der Waals surface area contributed by atoms with Gasteiger partial charge in [0.25, 0.3) is 0 Å². The predicted octanol–water partition coefficient (Wildman–Crippen LogP) is 3.18. The summed E-state index contributed by atoms with van der Waals surface area (Å²) in [5.41, 5.74) is 1.95. The van der Waals surface area contributed by atoms with Gasteiger partial charge < -0.3 is 15.2 Å². The SMILES string of the molecule is Cc1ccccc1OCCNc1ccccc1C(=O)O. The summed E-state index contributed by atoms with van der Waals surface area (Å²) in [4.78, 5) is 11.0. The summed E-state index contributed by atoms with van der Waals surface area (Å²) in [5, 5.41) is 12.1. The van der Waals surface area contributed by atoms with Crippen molar-refractivity contribution in [2.75, 3.05) is 18.5 Å². The molecule has 2 aromatic carbocycles. The van der Waals surface area contributed by atoms with Crippen LogP contribution in [0.3, 0.4) is 0 Å². The first kappa shape index (κ1) is 13.9. The van der Waals surface area contributed by atoms with Gasteiger partial charge in [-0.2, -0.15) is 0 Å². The van der Waals surface area contributed by atoms with Crippen molar-refractivity contribution in [3.63, 3.8) is 0 Å². The number of anilines is 1. The van der Waals surface area contributed by atoms with Gasteiger partial charge in [0.1, 0.15) is 12.4 Å². The second-order valence-corrected chi connectivity index (χ2v) is 4.39. The number of aryl methyl sites for hydroxylation is 1. The lowest BCUT2D eigenvalue weighted by Crippen LogP contribution is -2.14. The maximum absolute atomic E-state index is 11.0. The van der Waals surface area contributed by atoms with Gasteiger partial charge in [0.2, 0.25) is 0 Å². The van der Waals surface area contributed by atoms with Crippen molar-refractivity contribution in [1.29, 1.82) is 0 Å². The van der Waals surface area contributed by atoms with Crippen LogP contribution in [0.1, 0.15) is 15.9 Å². The van der Waals surface area contributed by atoms with Gasteiger partial charge in [-0.05, 0) is 30.7 Å². The minimum absolute atomic E-state index is 0.267. The number of para-hydroxylation sites is 2. The van der Waals surface area contributed by atoms with E-state index in [1.807, 2.05) is 31.2 Å². The van der Waals surface area contributed by atoms with E-state index in [1.165, 1.54) is 0 Å². The highest BCUT2D eigenvalue weighted by atomic mass is 16.5. The molecular formula is C16H17NO3. The number of nitrogens with one attached hydrogen (secondary N) is 1. The van der Waals surface area contributed by atoms with Crippen LogP contribution < -0.4 is 10.1 Å². The van der Waals surface area contributed by atoms with Crippen LogP contribution in [0.15, 0.2) is 48.5 Å². The zero-order valence-electron chi connectivity index (χ0n) is 11.3. The van der Waals surface area contributed by atoms with E-state index in [-0.39, 0.29) is 5.56 Å². The Kier molecular flexibility index (Phi) is 4.60. The highest BCUT2D eigenvalue weighted by Gasteiger charge is 2.07. The maximum atomic E-state index is 11.0. The zero-order valence-corrected chi connectivity index (χ0v) is 11.3. The molecule has 0 radical (unpaired) electrons. The molecule has 2 N–H and O–H groups in total. The Bertz CT molecular complexity index is 596. The molecule has 0 aliphatic carbocycles. The van der Waals surface area contributed by atoms with Gasteiger partial charge in [-0.1, -0.05) is 30.3 Å². The van der Waals surface area contributed by atoms with E-state index in [0.29, 0.717) is 18.8 Å². The minimum Gasteiger partial charge on any atom is -0.491 e. The second-order valence-electron chi connectivity index (χ2n) is 4.39. The molecule has 4 nitrogen and oxygen atoms in total. The van der Waals surface area contributed by atoms with Crippen LogP contribution in [0.4, 0.5) is 5.69 Å². The minimum atomic E-state index is -0.937. The molecule has 4 heteroatoms. The van der Waals surface area contributed by atoms with Gasteiger partial charge >= 0.3 is 5.97 Å². The summed E-state index contributed by atoms with van der Waals surface area (Å²) in [6, 6.07) is 14.6. The molecule has 0 aromatic heterocycles. The first-order valence-electron chi connectivity index (χ1n) is 6.43. The van der Waals surface area contributed by atoms with Crippen LogP contribution in [0, 0.1) is 6.92 Å². The van der Waals surface area contributed by atoms with E-state index in [4.69, 9.17) is 9.84 Å². The average molecular weight is 271 g/mol. The molecule has 0 aliphatic rings. The van der Waals surface area contributed by atoms with Crippen molar-refractivity contribution in [3.05, 3.63) is 59.7 Å². The van der Waals surface area contributed by atoms with Crippen LogP contribution in [-0.2, 0) is 0 Å². The van der Waals surface area contributed by atoms with Crippen LogP contribution in [0.2, 0.25) is 0 Å². The Balaban J connectivity index is 1.88. The molecule has 2 aromatic rings. The normalized spacial score (nSPS) is 10.1. The van der Waals surface area contributed by atoms with Gasteiger partial charge in [0, 0.05) is 12.2 Å². The lowest BCUT2D eigenvalue weighted by atomic mass is 10.2. The fourth-order valence-corrected chi connectivity index (χ4v) is 1.89. The number of hydrogen-bond acceptors (Lipinski definition) is 3. The Labute approximate surface area is 118 Å². The molecule has 0 bridgehead atoms. The quantitative estimate of drug-likeness (QED) is 0.792. The molecular weight excluding hydrogens is 254 g/mol. The molecule has 104 valence electrons. The highest BCUT2D eigenvalue weighted by molar-refractivity contribution is 5.94. The second kappa shape index (κ2) is 6.61. The Morgan fingerprint density at radius 2 is 1.85 bits per heavy atom. The van der Waals surface area contributed by atoms with Crippen molar-refractivity contribution in [3.8, 4) is 5.75 Å². The van der Waals surface area contributed by atoms with E-state index >= 15 is 0 Å². The van der Waals surface area contributed by atoms with Gasteiger partial charge in [-0.25, -0.2) is 4.79 Å². The summed E-state index contributed by atoms with van der Waals surface area (Å²) in [6.07, 6.45) is 0. The fourth-order valence-electron chi connectivity index (χ4n) is 1.89. The summed E-state index contributed by atoms with van der Waals surface area (Å²) < 4.78 is 5.65. The highest BCUT2D eigenvalue weighted by Crippen LogP contribution is 2.17. The largest absolute Gasteiger partial charge is 0.491 e. The van der Waals surface area contributed by atoms with E-state index in [0.717, 1.165) is 11.3 Å². The molecule has 0 saturated heterocycles. The van der Waals surface area contributed by atoms with Crippen molar-refractivity contribution < 1.29 is 14.6 Å². The third kappa shape index (κ3) is 3.51. The third-order valence-electron chi connectivity index (χ3n) is 2.93. The summed E-state index contributed by atoms with van der Waals surface area (Å²) in [6.45, 7) is 3.00. The molecule has 0 spiro atoms. The van der Waals surface area contributed by atoms with Crippen molar-refractivity contribution >= 4 is 11.7 Å². The van der Waals surface area contributed by atoms with Crippen LogP contribution in [0.25, 0.3) is 0 Å². The zero-order chi connectivity index (χ0) is 14.4. The molecule has 0 aliphatic heterocycles. The first-order chi connectivity index (χ1) is 9.68. The standard InChI is InChI=1S/C16H17NO3/c1-12-6-2-5-9-15(12)20-11-10-17-14-8-4-3-7-13(14)16(18)19/h2-9,17H,10-11H2,1H3,(H,18,19). The maximum Gasteiger partial charge on any atom is 0.337 e. The number of carboxylic acid groups (broad SMARTS) is 1. The summed E-state index contributed by atoms with van der Waals surface area (Å²) in [7, 11) is 0. The number of carboxylic acids is 1. The van der Waals surface area contributed by atoms with E-state index < -0.39 is 5.97 Å². The predicted molar refractivity (Wildman–Crippen MR) is 78.6 cm³/mol. The van der Waals surface area contributed by atoms with Crippen molar-refractivity contribution in [1.82, 2.24) is 0 Å². The molecule has 0 fully saturated rings. The topological polar surface area (TPSA) is 58.6 Å². The lowest BCUT2D eigenvalue weighted by Gasteiger charge is -2.11. The Morgan fingerprint density at radius 3 is 2.60 bits per heavy atom. The average Bonchev–Trinajstić information content (AvgIpc) is 2.45. The monoisotopic (exact) mass is 271 g/mol. The smallest absolute Gasteiger partial charge is 0.337 e. The molecule has 0 unspecified atom stereocenters. The van der Waals surface area contributed by atoms with Crippen molar-refractivity contribution in [2.24, 2.45) is 0 Å². The van der Waals surface area contributed by atoms with Crippen molar-refractivity contribution in [2.45, 2.75) is 6.92 Å². The Hall–Kier alpha value is -2.49. The van der Waals surface area contributed by atoms with Gasteiger partial charge in [0.15, 0.2) is 0 Å². The summed E-state index contributed by atoms with van der Waals surface area (Å²) in [5.74, 6) is -0.0891. The van der Waals surface area contributed by atoms with Crippen LogP contribution in [-0.4, -0.2) is 24.2 Å². The van der Waals surface area contributed by atoms with E-state index in [9.17, 15) is 4.79 Å². The number of ether oxygens (including phenoxy) is 1. The molecule has 2 rings (SSSR count). The van der Waals surface area contributed by atoms with Crippen LogP contribution >= 0.6 is 0 Å². The summed E-state index contributed by atoms with van der Waals surface area (Å²) >= 11 is 0. The molecule has 0 amide bonds. The number of hydrogen-bond donors (Lipinski definition) is 2. The van der Waals surface area contributed by atoms with E-state index in [2.05, 4.69) is 5.32 Å². The Morgan fingerprint density at radius 1 is 1.15 bits per heavy atom. The first-order valence-corrected chi connectivity index (χ1v) is 6.43. The van der Waals surface area contributed by atoms with E-state index in [1.54, 1.807) is 24.3 Å².